The van der Waals surface area contributed by atoms with Gasteiger partial charge in [0.25, 0.3) is 5.91 Å². The Bertz CT molecular complexity index is 691. The van der Waals surface area contributed by atoms with Gasteiger partial charge in [-0.05, 0) is 43.4 Å². The maximum atomic E-state index is 13.2. The van der Waals surface area contributed by atoms with Gasteiger partial charge in [0, 0.05) is 25.1 Å². The largest absolute Gasteiger partial charge is 0.493 e. The summed E-state index contributed by atoms with van der Waals surface area (Å²) in [6, 6.07) is 6.12. The van der Waals surface area contributed by atoms with Crippen molar-refractivity contribution in [3.05, 3.63) is 40.7 Å². The molecular weight excluding hydrogens is 317 g/mol. The second-order valence-corrected chi connectivity index (χ2v) is 6.47. The number of piperidine rings is 1. The van der Waals surface area contributed by atoms with E-state index in [4.69, 9.17) is 4.74 Å². The zero-order valence-electron chi connectivity index (χ0n) is 12.9. The van der Waals surface area contributed by atoms with E-state index in [1.165, 1.54) is 12.1 Å². The van der Waals surface area contributed by atoms with Crippen molar-refractivity contribution in [3.63, 3.8) is 0 Å². The molecule has 1 amide bonds. The van der Waals surface area contributed by atoms with Crippen LogP contribution in [0.2, 0.25) is 0 Å². The van der Waals surface area contributed by atoms with Gasteiger partial charge in [-0.25, -0.2) is 4.39 Å². The van der Waals surface area contributed by atoms with E-state index in [1.54, 1.807) is 19.1 Å². The van der Waals surface area contributed by atoms with E-state index in [-0.39, 0.29) is 17.6 Å². The van der Waals surface area contributed by atoms with Gasteiger partial charge in [0.2, 0.25) is 0 Å². The molecule has 2 heterocycles. The lowest BCUT2D eigenvalue weighted by molar-refractivity contribution is 0.0637. The van der Waals surface area contributed by atoms with E-state index in [0.717, 1.165) is 30.9 Å². The van der Waals surface area contributed by atoms with E-state index < -0.39 is 0 Å². The minimum Gasteiger partial charge on any atom is -0.493 e. The fourth-order valence-corrected chi connectivity index (χ4v) is 3.35. The summed E-state index contributed by atoms with van der Waals surface area (Å²) in [7, 11) is 0. The number of hydrogen-bond donors (Lipinski definition) is 0. The quantitative estimate of drug-likeness (QED) is 0.862. The minimum atomic E-state index is -0.309. The number of benzene rings is 1. The zero-order chi connectivity index (χ0) is 16.2. The second kappa shape index (κ2) is 7.04. The number of hydrogen-bond acceptors (Lipinski definition) is 5. The van der Waals surface area contributed by atoms with Crippen molar-refractivity contribution in [1.29, 1.82) is 0 Å². The number of aryl methyl sites for hydroxylation is 1. The molecule has 2 aromatic rings. The highest BCUT2D eigenvalue weighted by molar-refractivity contribution is 7.07. The number of ether oxygens (including phenoxy) is 1. The lowest BCUT2D eigenvalue weighted by Crippen LogP contribution is -2.41. The molecule has 7 heteroatoms. The molecule has 23 heavy (non-hydrogen) atoms. The van der Waals surface area contributed by atoms with Crippen molar-refractivity contribution in [2.45, 2.75) is 19.8 Å². The number of carbonyl (C=O) groups is 1. The van der Waals surface area contributed by atoms with E-state index in [2.05, 4.69) is 9.59 Å². The SMILES string of the molecule is Cc1nnsc1C(=O)N1CCC[C@H](COc2cccc(F)c2)C1. The first-order valence-electron chi connectivity index (χ1n) is 7.60. The molecule has 1 aromatic heterocycles. The predicted molar refractivity (Wildman–Crippen MR) is 85.2 cm³/mol. The van der Waals surface area contributed by atoms with Crippen LogP contribution in [-0.4, -0.2) is 40.1 Å². The summed E-state index contributed by atoms with van der Waals surface area (Å²) >= 11 is 1.14. The molecule has 0 N–H and O–H groups in total. The summed E-state index contributed by atoms with van der Waals surface area (Å²) in [5.41, 5.74) is 0.679. The van der Waals surface area contributed by atoms with Gasteiger partial charge in [0.1, 0.15) is 16.4 Å². The van der Waals surface area contributed by atoms with Gasteiger partial charge in [0.15, 0.2) is 0 Å². The smallest absolute Gasteiger partial charge is 0.267 e. The zero-order valence-corrected chi connectivity index (χ0v) is 13.7. The number of rotatable bonds is 4. The highest BCUT2D eigenvalue weighted by Crippen LogP contribution is 2.22. The number of halogens is 1. The maximum absolute atomic E-state index is 13.2. The van der Waals surface area contributed by atoms with Gasteiger partial charge in [0.05, 0.1) is 12.3 Å². The number of nitrogens with zero attached hydrogens (tertiary/aromatic N) is 3. The topological polar surface area (TPSA) is 55.3 Å². The van der Waals surface area contributed by atoms with E-state index in [1.807, 2.05) is 4.90 Å². The highest BCUT2D eigenvalue weighted by Gasteiger charge is 2.27. The minimum absolute atomic E-state index is 0.00652. The van der Waals surface area contributed by atoms with Crippen LogP contribution >= 0.6 is 11.5 Å². The van der Waals surface area contributed by atoms with Crippen LogP contribution in [0.5, 0.6) is 5.75 Å². The van der Waals surface area contributed by atoms with Crippen molar-refractivity contribution in [2.75, 3.05) is 19.7 Å². The standard InChI is InChI=1S/C16H18FN3O2S/c1-11-15(23-19-18-11)16(21)20-7-3-4-12(9-20)10-22-14-6-2-5-13(17)8-14/h2,5-6,8,12H,3-4,7,9-10H2,1H3/t12-/m0/s1. The molecule has 1 aliphatic heterocycles. The van der Waals surface area contributed by atoms with Crippen LogP contribution in [-0.2, 0) is 0 Å². The van der Waals surface area contributed by atoms with Gasteiger partial charge < -0.3 is 9.64 Å². The molecule has 122 valence electrons. The predicted octanol–water partition coefficient (Wildman–Crippen LogP) is 2.92. The Morgan fingerprint density at radius 1 is 1.52 bits per heavy atom. The number of carbonyl (C=O) groups excluding carboxylic acids is 1. The third-order valence-electron chi connectivity index (χ3n) is 3.93. The monoisotopic (exact) mass is 335 g/mol. The van der Waals surface area contributed by atoms with Crippen molar-refractivity contribution >= 4 is 17.4 Å². The Morgan fingerprint density at radius 3 is 3.13 bits per heavy atom. The third-order valence-corrected chi connectivity index (χ3v) is 4.75. The molecular formula is C16H18FN3O2S. The maximum Gasteiger partial charge on any atom is 0.267 e. The first-order chi connectivity index (χ1) is 11.1. The van der Waals surface area contributed by atoms with Crippen LogP contribution in [0.1, 0.15) is 28.2 Å². The van der Waals surface area contributed by atoms with Gasteiger partial charge in [-0.15, -0.1) is 5.10 Å². The van der Waals surface area contributed by atoms with Crippen molar-refractivity contribution in [1.82, 2.24) is 14.5 Å². The fraction of sp³-hybridized carbons (Fsp3) is 0.438. The Labute approximate surface area is 138 Å². The first kappa shape index (κ1) is 15.9. The molecule has 1 aromatic carbocycles. The number of amides is 1. The lowest BCUT2D eigenvalue weighted by Gasteiger charge is -2.32. The molecule has 5 nitrogen and oxygen atoms in total. The van der Waals surface area contributed by atoms with E-state index >= 15 is 0 Å². The molecule has 1 saturated heterocycles. The van der Waals surface area contributed by atoms with Crippen molar-refractivity contribution in [3.8, 4) is 5.75 Å². The summed E-state index contributed by atoms with van der Waals surface area (Å²) in [5, 5.41) is 3.90. The van der Waals surface area contributed by atoms with E-state index in [0.29, 0.717) is 29.5 Å². The molecule has 0 saturated carbocycles. The summed E-state index contributed by atoms with van der Waals surface area (Å²) in [6.45, 7) is 3.66. The van der Waals surface area contributed by atoms with Gasteiger partial charge >= 0.3 is 0 Å². The summed E-state index contributed by atoms with van der Waals surface area (Å²) in [5.74, 6) is 0.456. The van der Waals surface area contributed by atoms with Crippen LogP contribution in [0.15, 0.2) is 24.3 Å². The van der Waals surface area contributed by atoms with Crippen molar-refractivity contribution in [2.24, 2.45) is 5.92 Å². The molecule has 1 aliphatic rings. The average Bonchev–Trinajstić information content (AvgIpc) is 2.99. The van der Waals surface area contributed by atoms with Gasteiger partial charge in [-0.2, -0.15) is 0 Å². The molecule has 0 bridgehead atoms. The lowest BCUT2D eigenvalue weighted by atomic mass is 9.98. The molecule has 3 rings (SSSR count). The Kier molecular flexibility index (Phi) is 4.85. The van der Waals surface area contributed by atoms with Gasteiger partial charge in [-0.1, -0.05) is 10.6 Å². The van der Waals surface area contributed by atoms with Crippen LogP contribution in [0.3, 0.4) is 0 Å². The summed E-state index contributed by atoms with van der Waals surface area (Å²) in [6.07, 6.45) is 1.94. The first-order valence-corrected chi connectivity index (χ1v) is 8.37. The highest BCUT2D eigenvalue weighted by atomic mass is 32.1. The summed E-state index contributed by atoms with van der Waals surface area (Å²) < 4.78 is 22.6. The Morgan fingerprint density at radius 2 is 2.39 bits per heavy atom. The average molecular weight is 335 g/mol. The van der Waals surface area contributed by atoms with Crippen LogP contribution < -0.4 is 4.74 Å². The fourth-order valence-electron chi connectivity index (χ4n) is 2.73. The number of aromatic nitrogens is 2. The molecule has 0 unspecified atom stereocenters. The summed E-state index contributed by atoms with van der Waals surface area (Å²) in [4.78, 5) is 15.0. The van der Waals surface area contributed by atoms with Crippen LogP contribution in [0, 0.1) is 18.7 Å². The third kappa shape index (κ3) is 3.85. The van der Waals surface area contributed by atoms with Gasteiger partial charge in [-0.3, -0.25) is 4.79 Å². The molecule has 0 spiro atoms. The molecule has 0 radical (unpaired) electrons. The second-order valence-electron chi connectivity index (χ2n) is 5.72. The molecule has 1 atom stereocenters. The van der Waals surface area contributed by atoms with E-state index in [9.17, 15) is 9.18 Å². The molecule has 0 aliphatic carbocycles. The van der Waals surface area contributed by atoms with Crippen molar-refractivity contribution < 1.29 is 13.9 Å². The molecule has 1 fully saturated rings. The van der Waals surface area contributed by atoms with Crippen LogP contribution in [0.25, 0.3) is 0 Å². The normalized spacial score (nSPS) is 18.0. The number of likely N-dealkylation sites (tertiary alicyclic amines) is 1. The Balaban J connectivity index is 1.58. The van der Waals surface area contributed by atoms with Crippen LogP contribution in [0.4, 0.5) is 4.39 Å². The Hall–Kier alpha value is -2.02.